The fourth-order valence-corrected chi connectivity index (χ4v) is 2.24. The van der Waals surface area contributed by atoms with Crippen molar-refractivity contribution in [3.63, 3.8) is 0 Å². The lowest BCUT2D eigenvalue weighted by atomic mass is 10.2. The number of rotatable bonds is 7. The van der Waals surface area contributed by atoms with Crippen molar-refractivity contribution in [2.45, 2.75) is 6.54 Å². The van der Waals surface area contributed by atoms with Crippen LogP contribution in [0.5, 0.6) is 11.5 Å². The molecule has 0 unspecified atom stereocenters. The molecule has 0 aliphatic heterocycles. The highest BCUT2D eigenvalue weighted by molar-refractivity contribution is 5.77. The van der Waals surface area contributed by atoms with Gasteiger partial charge in [-0.1, -0.05) is 18.2 Å². The summed E-state index contributed by atoms with van der Waals surface area (Å²) in [6.45, 7) is 0.299. The molecule has 0 radical (unpaired) electrons. The highest BCUT2D eigenvalue weighted by atomic mass is 16.5. The first-order valence-corrected chi connectivity index (χ1v) is 7.76. The first kappa shape index (κ1) is 16.6. The summed E-state index contributed by atoms with van der Waals surface area (Å²) in [6, 6.07) is 12.8. The predicted molar refractivity (Wildman–Crippen MR) is 92.3 cm³/mol. The molecule has 0 aliphatic carbocycles. The maximum absolute atomic E-state index is 11.9. The lowest BCUT2D eigenvalue weighted by molar-refractivity contribution is -0.123. The van der Waals surface area contributed by atoms with Gasteiger partial charge in [-0.3, -0.25) is 9.78 Å². The van der Waals surface area contributed by atoms with Gasteiger partial charge in [0, 0.05) is 18.3 Å². The average Bonchev–Trinajstić information content (AvgIpc) is 3.20. The molecule has 0 atom stereocenters. The second kappa shape index (κ2) is 8.01. The number of nitrogens with zero attached hydrogens (tertiary/aromatic N) is 1. The molecule has 0 fully saturated rings. The zero-order valence-corrected chi connectivity index (χ0v) is 13.8. The normalized spacial score (nSPS) is 10.3. The molecule has 1 N–H and O–H groups in total. The molecule has 3 rings (SSSR count). The predicted octanol–water partition coefficient (Wildman–Crippen LogP) is 3.05. The maximum Gasteiger partial charge on any atom is 0.258 e. The monoisotopic (exact) mass is 338 g/mol. The lowest BCUT2D eigenvalue weighted by Crippen LogP contribution is -2.28. The smallest absolute Gasteiger partial charge is 0.258 e. The van der Waals surface area contributed by atoms with Gasteiger partial charge in [0.05, 0.1) is 25.3 Å². The van der Waals surface area contributed by atoms with E-state index in [1.807, 2.05) is 30.3 Å². The third-order valence-electron chi connectivity index (χ3n) is 3.56. The lowest BCUT2D eigenvalue weighted by Gasteiger charge is -2.10. The van der Waals surface area contributed by atoms with Gasteiger partial charge in [0.1, 0.15) is 0 Å². The summed E-state index contributed by atoms with van der Waals surface area (Å²) in [7, 11) is 1.56. The van der Waals surface area contributed by atoms with E-state index in [0.29, 0.717) is 18.0 Å². The SMILES string of the molecule is COc1ccccc1OCC(=O)NCc1ccc(-c2ccoc2)nc1. The molecule has 3 aromatic rings. The molecule has 0 spiro atoms. The van der Waals surface area contributed by atoms with Crippen LogP contribution >= 0.6 is 0 Å². The molecule has 1 aromatic carbocycles. The van der Waals surface area contributed by atoms with Crippen LogP contribution in [0.15, 0.2) is 65.6 Å². The Balaban J connectivity index is 1.49. The minimum absolute atomic E-state index is 0.0824. The van der Waals surface area contributed by atoms with Crippen LogP contribution in [0.2, 0.25) is 0 Å². The number of methoxy groups -OCH3 is 1. The van der Waals surface area contributed by atoms with Crippen LogP contribution in [0.25, 0.3) is 11.3 Å². The number of hydrogen-bond acceptors (Lipinski definition) is 5. The average molecular weight is 338 g/mol. The number of pyridine rings is 1. The van der Waals surface area contributed by atoms with Gasteiger partial charge < -0.3 is 19.2 Å². The van der Waals surface area contributed by atoms with Crippen LogP contribution in [0.3, 0.4) is 0 Å². The summed E-state index contributed by atoms with van der Waals surface area (Å²) in [5.41, 5.74) is 2.64. The molecule has 25 heavy (non-hydrogen) atoms. The number of aromatic nitrogens is 1. The number of para-hydroxylation sites is 2. The van der Waals surface area contributed by atoms with Crippen molar-refractivity contribution in [2.75, 3.05) is 13.7 Å². The zero-order valence-electron chi connectivity index (χ0n) is 13.8. The van der Waals surface area contributed by atoms with Gasteiger partial charge in [0.2, 0.25) is 0 Å². The molecule has 2 aromatic heterocycles. The Labute approximate surface area is 145 Å². The van der Waals surface area contributed by atoms with Gasteiger partial charge in [-0.2, -0.15) is 0 Å². The van der Waals surface area contributed by atoms with E-state index in [1.54, 1.807) is 38.0 Å². The standard InChI is InChI=1S/C19H18N2O4/c1-23-17-4-2-3-5-18(17)25-13-19(22)21-11-14-6-7-16(20-10-14)15-8-9-24-12-15/h2-10,12H,11,13H2,1H3,(H,21,22). The van der Waals surface area contributed by atoms with Crippen molar-refractivity contribution in [1.82, 2.24) is 10.3 Å². The highest BCUT2D eigenvalue weighted by Crippen LogP contribution is 2.25. The quantitative estimate of drug-likeness (QED) is 0.717. The molecule has 0 saturated heterocycles. The van der Waals surface area contributed by atoms with E-state index in [9.17, 15) is 4.79 Å². The van der Waals surface area contributed by atoms with Crippen molar-refractivity contribution >= 4 is 5.91 Å². The number of furan rings is 1. The second-order valence-corrected chi connectivity index (χ2v) is 5.28. The Bertz CT molecular complexity index is 814. The fourth-order valence-electron chi connectivity index (χ4n) is 2.24. The van der Waals surface area contributed by atoms with Crippen molar-refractivity contribution in [3.8, 4) is 22.8 Å². The number of benzene rings is 1. The largest absolute Gasteiger partial charge is 0.493 e. The number of nitrogens with one attached hydrogen (secondary N) is 1. The van der Waals surface area contributed by atoms with Crippen molar-refractivity contribution in [1.29, 1.82) is 0 Å². The van der Waals surface area contributed by atoms with Gasteiger partial charge in [-0.15, -0.1) is 0 Å². The molecule has 0 bridgehead atoms. The minimum Gasteiger partial charge on any atom is -0.493 e. The second-order valence-electron chi connectivity index (χ2n) is 5.28. The van der Waals surface area contributed by atoms with Crippen LogP contribution in [-0.4, -0.2) is 24.6 Å². The van der Waals surface area contributed by atoms with E-state index in [1.165, 1.54) is 0 Å². The molecule has 2 heterocycles. The first-order chi connectivity index (χ1) is 12.3. The first-order valence-electron chi connectivity index (χ1n) is 7.76. The summed E-state index contributed by atoms with van der Waals surface area (Å²) < 4.78 is 15.7. The van der Waals surface area contributed by atoms with Gasteiger partial charge in [-0.05, 0) is 29.8 Å². The molecule has 0 aliphatic rings. The molecular formula is C19H18N2O4. The number of amides is 1. The Hall–Kier alpha value is -3.28. The van der Waals surface area contributed by atoms with E-state index < -0.39 is 0 Å². The van der Waals surface area contributed by atoms with E-state index in [0.717, 1.165) is 16.8 Å². The highest BCUT2D eigenvalue weighted by Gasteiger charge is 2.07. The summed E-state index contributed by atoms with van der Waals surface area (Å²) >= 11 is 0. The summed E-state index contributed by atoms with van der Waals surface area (Å²) in [6.07, 6.45) is 4.97. The minimum atomic E-state index is -0.218. The Morgan fingerprint density at radius 1 is 1.16 bits per heavy atom. The van der Waals surface area contributed by atoms with Gasteiger partial charge in [-0.25, -0.2) is 0 Å². The molecule has 6 nitrogen and oxygen atoms in total. The number of hydrogen-bond donors (Lipinski definition) is 1. The topological polar surface area (TPSA) is 73.6 Å². The molecule has 1 amide bonds. The van der Waals surface area contributed by atoms with E-state index in [4.69, 9.17) is 13.9 Å². The van der Waals surface area contributed by atoms with Crippen molar-refractivity contribution in [3.05, 3.63) is 66.8 Å². The van der Waals surface area contributed by atoms with Crippen LogP contribution in [0.4, 0.5) is 0 Å². The Morgan fingerprint density at radius 2 is 2.00 bits per heavy atom. The van der Waals surface area contributed by atoms with Crippen molar-refractivity contribution in [2.24, 2.45) is 0 Å². The number of carbonyl (C=O) groups is 1. The Kier molecular flexibility index (Phi) is 5.31. The van der Waals surface area contributed by atoms with Crippen LogP contribution < -0.4 is 14.8 Å². The third kappa shape index (κ3) is 4.38. The summed E-state index contributed by atoms with van der Waals surface area (Å²) in [5.74, 6) is 0.908. The fraction of sp³-hybridized carbons (Fsp3) is 0.158. The van der Waals surface area contributed by atoms with E-state index >= 15 is 0 Å². The third-order valence-corrected chi connectivity index (χ3v) is 3.56. The van der Waals surface area contributed by atoms with Crippen LogP contribution in [-0.2, 0) is 11.3 Å². The van der Waals surface area contributed by atoms with Gasteiger partial charge in [0.25, 0.3) is 5.91 Å². The Morgan fingerprint density at radius 3 is 2.68 bits per heavy atom. The van der Waals surface area contributed by atoms with Gasteiger partial charge >= 0.3 is 0 Å². The maximum atomic E-state index is 11.9. The summed E-state index contributed by atoms with van der Waals surface area (Å²) in [5, 5.41) is 2.80. The number of carbonyl (C=O) groups excluding carboxylic acids is 1. The van der Waals surface area contributed by atoms with E-state index in [2.05, 4.69) is 10.3 Å². The number of ether oxygens (including phenoxy) is 2. The van der Waals surface area contributed by atoms with Crippen molar-refractivity contribution < 1.29 is 18.7 Å². The molecule has 128 valence electrons. The zero-order chi connectivity index (χ0) is 17.5. The molecular weight excluding hydrogens is 320 g/mol. The van der Waals surface area contributed by atoms with Gasteiger partial charge in [0.15, 0.2) is 18.1 Å². The van der Waals surface area contributed by atoms with E-state index in [-0.39, 0.29) is 12.5 Å². The summed E-state index contributed by atoms with van der Waals surface area (Å²) in [4.78, 5) is 16.3. The molecule has 0 saturated carbocycles. The molecule has 6 heteroatoms. The van der Waals surface area contributed by atoms with Crippen LogP contribution in [0.1, 0.15) is 5.56 Å². The van der Waals surface area contributed by atoms with Crippen LogP contribution in [0, 0.1) is 0 Å².